The first-order valence-corrected chi connectivity index (χ1v) is 11.3. The molecule has 4 aliphatic rings. The van der Waals surface area contributed by atoms with Gasteiger partial charge in [-0.25, -0.2) is 19.4 Å². The van der Waals surface area contributed by atoms with Crippen molar-refractivity contribution in [2.24, 2.45) is 29.6 Å². The van der Waals surface area contributed by atoms with Crippen LogP contribution in [0.1, 0.15) is 59.2 Å². The summed E-state index contributed by atoms with van der Waals surface area (Å²) < 4.78 is 5.58. The van der Waals surface area contributed by atoms with Crippen molar-refractivity contribution in [2.75, 3.05) is 0 Å². The summed E-state index contributed by atoms with van der Waals surface area (Å²) in [5, 5.41) is 0. The highest BCUT2D eigenvalue weighted by atomic mass is 17.2. The van der Waals surface area contributed by atoms with Gasteiger partial charge in [0.2, 0.25) is 0 Å². The molecular formula is C26H26O6. The average Bonchev–Trinajstić information content (AvgIpc) is 2.80. The summed E-state index contributed by atoms with van der Waals surface area (Å²) in [6.07, 6.45) is 6.69. The first-order chi connectivity index (χ1) is 15.6. The van der Waals surface area contributed by atoms with Crippen LogP contribution in [0.2, 0.25) is 0 Å². The van der Waals surface area contributed by atoms with Crippen LogP contribution in [0.15, 0.2) is 54.6 Å². The van der Waals surface area contributed by atoms with Crippen molar-refractivity contribution in [1.29, 1.82) is 0 Å². The fourth-order valence-electron chi connectivity index (χ4n) is 6.20. The van der Waals surface area contributed by atoms with Gasteiger partial charge >= 0.3 is 17.9 Å². The molecule has 0 N–H and O–H groups in total. The van der Waals surface area contributed by atoms with Crippen LogP contribution < -0.4 is 4.74 Å². The third-order valence-electron chi connectivity index (χ3n) is 7.36. The molecule has 0 aliphatic heterocycles. The Balaban J connectivity index is 1.20. The molecule has 6 rings (SSSR count). The van der Waals surface area contributed by atoms with Crippen molar-refractivity contribution in [3.05, 3.63) is 65.7 Å². The van der Waals surface area contributed by atoms with Crippen molar-refractivity contribution in [3.63, 3.8) is 0 Å². The number of para-hydroxylation sites is 1. The smallest absolute Gasteiger partial charge is 0.390 e. The third-order valence-corrected chi connectivity index (χ3v) is 7.36. The van der Waals surface area contributed by atoms with Gasteiger partial charge in [-0.15, -0.1) is 0 Å². The van der Waals surface area contributed by atoms with Crippen molar-refractivity contribution in [3.8, 4) is 5.75 Å². The Morgan fingerprint density at radius 1 is 0.719 bits per heavy atom. The van der Waals surface area contributed by atoms with Gasteiger partial charge in [-0.3, -0.25) is 4.79 Å². The molecule has 0 heterocycles. The Morgan fingerprint density at radius 3 is 2.00 bits per heavy atom. The predicted octanol–water partition coefficient (Wildman–Crippen LogP) is 4.98. The fraction of sp³-hybridized carbons (Fsp3) is 0.423. The molecule has 2 aromatic carbocycles. The van der Waals surface area contributed by atoms with Gasteiger partial charge in [-0.05, 0) is 86.0 Å². The maximum atomic E-state index is 12.8. The molecule has 4 saturated carbocycles. The lowest BCUT2D eigenvalue weighted by Gasteiger charge is -2.54. The maximum absolute atomic E-state index is 12.8. The minimum atomic E-state index is -0.896. The van der Waals surface area contributed by atoms with Gasteiger partial charge in [0.05, 0.1) is 5.56 Å². The van der Waals surface area contributed by atoms with Gasteiger partial charge < -0.3 is 4.74 Å². The second-order valence-corrected chi connectivity index (χ2v) is 9.38. The van der Waals surface area contributed by atoms with Crippen molar-refractivity contribution < 1.29 is 28.9 Å². The summed E-state index contributed by atoms with van der Waals surface area (Å²) in [7, 11) is 0. The zero-order valence-electron chi connectivity index (χ0n) is 17.8. The minimum absolute atomic E-state index is 0.0341. The fourth-order valence-corrected chi connectivity index (χ4v) is 6.20. The molecule has 0 spiro atoms. The van der Waals surface area contributed by atoms with Crippen LogP contribution in [0.25, 0.3) is 0 Å². The van der Waals surface area contributed by atoms with Gasteiger partial charge in [0.25, 0.3) is 0 Å². The number of esters is 1. The first kappa shape index (κ1) is 20.7. The summed E-state index contributed by atoms with van der Waals surface area (Å²) in [5.74, 6) is 1.42. The molecule has 6 heteroatoms. The summed E-state index contributed by atoms with van der Waals surface area (Å²) in [6, 6.07) is 14.5. The maximum Gasteiger partial charge on any atom is 0.390 e. The Kier molecular flexibility index (Phi) is 5.68. The van der Waals surface area contributed by atoms with E-state index >= 15 is 0 Å². The van der Waals surface area contributed by atoms with E-state index in [2.05, 4.69) is 4.89 Å². The molecule has 0 radical (unpaired) electrons. The number of carbonyl (C=O) groups excluding carboxylic acids is 3. The third kappa shape index (κ3) is 4.27. The Morgan fingerprint density at radius 2 is 1.31 bits per heavy atom. The van der Waals surface area contributed by atoms with Gasteiger partial charge in [-0.1, -0.05) is 30.3 Å². The lowest BCUT2D eigenvalue weighted by Crippen LogP contribution is -2.45. The van der Waals surface area contributed by atoms with E-state index in [1.54, 1.807) is 48.5 Å². The Hall–Kier alpha value is -3.15. The second-order valence-electron chi connectivity index (χ2n) is 9.38. The number of ether oxygens (including phenoxy) is 1. The number of carbonyl (C=O) groups is 3. The van der Waals surface area contributed by atoms with E-state index in [1.165, 1.54) is 38.2 Å². The van der Waals surface area contributed by atoms with Crippen LogP contribution in [0, 0.1) is 29.6 Å². The number of hydrogen-bond donors (Lipinski definition) is 0. The van der Waals surface area contributed by atoms with Gasteiger partial charge in [0.1, 0.15) is 11.3 Å². The van der Waals surface area contributed by atoms with Gasteiger partial charge in [0.15, 0.2) is 0 Å². The van der Waals surface area contributed by atoms with Crippen LogP contribution in [-0.4, -0.2) is 17.9 Å². The quantitative estimate of drug-likeness (QED) is 0.286. The predicted molar refractivity (Wildman–Crippen MR) is 115 cm³/mol. The van der Waals surface area contributed by atoms with Crippen LogP contribution in [-0.2, 0) is 14.6 Å². The van der Waals surface area contributed by atoms with Crippen LogP contribution >= 0.6 is 0 Å². The normalized spacial score (nSPS) is 27.6. The van der Waals surface area contributed by atoms with E-state index in [0.717, 1.165) is 11.8 Å². The largest absolute Gasteiger partial charge is 0.426 e. The lowest BCUT2D eigenvalue weighted by atomic mass is 9.51. The zero-order valence-corrected chi connectivity index (χ0v) is 17.8. The molecule has 166 valence electrons. The van der Waals surface area contributed by atoms with Crippen molar-refractivity contribution in [1.82, 2.24) is 0 Å². The van der Waals surface area contributed by atoms with Crippen LogP contribution in [0.5, 0.6) is 5.75 Å². The van der Waals surface area contributed by atoms with E-state index in [-0.39, 0.29) is 22.8 Å². The second kappa shape index (κ2) is 8.77. The number of hydrogen-bond acceptors (Lipinski definition) is 6. The summed E-state index contributed by atoms with van der Waals surface area (Å²) in [5.41, 5.74) is 0.294. The molecule has 0 unspecified atom stereocenters. The van der Waals surface area contributed by atoms with Crippen molar-refractivity contribution >= 4 is 17.9 Å². The van der Waals surface area contributed by atoms with E-state index in [9.17, 15) is 14.4 Å². The molecule has 32 heavy (non-hydrogen) atoms. The molecule has 0 saturated heterocycles. The van der Waals surface area contributed by atoms with Crippen molar-refractivity contribution in [2.45, 2.75) is 38.5 Å². The van der Waals surface area contributed by atoms with Gasteiger partial charge in [0, 0.05) is 6.42 Å². The molecule has 0 atom stereocenters. The van der Waals surface area contributed by atoms with Crippen LogP contribution in [0.3, 0.4) is 0 Å². The monoisotopic (exact) mass is 434 g/mol. The topological polar surface area (TPSA) is 78.9 Å². The van der Waals surface area contributed by atoms with Crippen LogP contribution in [0.4, 0.5) is 0 Å². The standard InChI is InChI=1S/C26H26O6/c27-24(15-22-19-11-16-10-17(13-19)14-20(22)12-16)30-23-9-5-4-8-21(23)26(29)32-31-25(28)18-6-2-1-3-7-18/h1-9,16-17,19-20,22H,10-15H2. The minimum Gasteiger partial charge on any atom is -0.426 e. The average molecular weight is 434 g/mol. The SMILES string of the molecule is O=C(CC1C2CC3CC(C2)CC1C3)Oc1ccccc1C(=O)OOC(=O)c1ccccc1. The Labute approximate surface area is 186 Å². The molecule has 0 amide bonds. The lowest BCUT2D eigenvalue weighted by molar-refractivity contribution is -0.187. The van der Waals surface area contributed by atoms with E-state index in [1.807, 2.05) is 0 Å². The highest BCUT2D eigenvalue weighted by Crippen LogP contribution is 2.57. The summed E-state index contributed by atoms with van der Waals surface area (Å²) >= 11 is 0. The molecule has 2 aromatic rings. The molecule has 4 aliphatic carbocycles. The molecule has 4 fully saturated rings. The van der Waals surface area contributed by atoms with E-state index in [0.29, 0.717) is 24.2 Å². The van der Waals surface area contributed by atoms with E-state index in [4.69, 9.17) is 9.62 Å². The number of rotatable bonds is 5. The molecule has 6 nitrogen and oxygen atoms in total. The number of benzene rings is 2. The highest BCUT2D eigenvalue weighted by Gasteiger charge is 2.48. The first-order valence-electron chi connectivity index (χ1n) is 11.3. The molecule has 4 bridgehead atoms. The summed E-state index contributed by atoms with van der Waals surface area (Å²) in [4.78, 5) is 46.6. The summed E-state index contributed by atoms with van der Waals surface area (Å²) in [6.45, 7) is 0. The van der Waals surface area contributed by atoms with Gasteiger partial charge in [-0.2, -0.15) is 0 Å². The highest BCUT2D eigenvalue weighted by molar-refractivity contribution is 5.94. The Bertz CT molecular complexity index is 986. The van der Waals surface area contributed by atoms with E-state index < -0.39 is 11.9 Å². The zero-order chi connectivity index (χ0) is 22.1. The molecule has 0 aromatic heterocycles. The molecular weight excluding hydrogens is 408 g/mol.